The summed E-state index contributed by atoms with van der Waals surface area (Å²) in [6.07, 6.45) is 0.0446. The van der Waals surface area contributed by atoms with Crippen LogP contribution in [0.25, 0.3) is 0 Å². The van der Waals surface area contributed by atoms with Crippen molar-refractivity contribution >= 4 is 40.8 Å². The summed E-state index contributed by atoms with van der Waals surface area (Å²) < 4.78 is 5.15. The molecule has 1 N–H and O–H groups in total. The summed E-state index contributed by atoms with van der Waals surface area (Å²) in [6.45, 7) is 5.55. The Morgan fingerprint density at radius 3 is 2.66 bits per heavy atom. The highest BCUT2D eigenvalue weighted by atomic mass is 35.5. The Bertz CT molecular complexity index is 973. The number of halogens is 1. The lowest BCUT2D eigenvalue weighted by molar-refractivity contribution is -0.151. The average molecular weight is 415 g/mol. The molecule has 0 spiro atoms. The van der Waals surface area contributed by atoms with Crippen LogP contribution in [0, 0.1) is 26.7 Å². The van der Waals surface area contributed by atoms with Gasteiger partial charge in [0.1, 0.15) is 0 Å². The number of benzene rings is 2. The molecule has 1 saturated heterocycles. The van der Waals surface area contributed by atoms with E-state index in [1.165, 1.54) is 4.90 Å². The van der Waals surface area contributed by atoms with E-state index in [4.69, 9.17) is 16.3 Å². The molecule has 1 fully saturated rings. The first-order chi connectivity index (χ1) is 13.8. The first-order valence-electron chi connectivity index (χ1n) is 9.35. The van der Waals surface area contributed by atoms with E-state index >= 15 is 0 Å². The van der Waals surface area contributed by atoms with Crippen molar-refractivity contribution in [1.29, 1.82) is 0 Å². The van der Waals surface area contributed by atoms with Crippen LogP contribution in [0.2, 0.25) is 5.02 Å². The van der Waals surface area contributed by atoms with Gasteiger partial charge in [-0.1, -0.05) is 29.8 Å². The molecule has 2 aromatic carbocycles. The van der Waals surface area contributed by atoms with Crippen molar-refractivity contribution in [3.63, 3.8) is 0 Å². The largest absolute Gasteiger partial charge is 0.455 e. The van der Waals surface area contributed by atoms with E-state index < -0.39 is 24.4 Å². The highest BCUT2D eigenvalue weighted by Gasteiger charge is 2.36. The highest BCUT2D eigenvalue weighted by Crippen LogP contribution is 2.29. The van der Waals surface area contributed by atoms with Gasteiger partial charge in [-0.2, -0.15) is 0 Å². The minimum Gasteiger partial charge on any atom is -0.455 e. The third-order valence-electron chi connectivity index (χ3n) is 5.15. The molecule has 1 aliphatic heterocycles. The molecule has 0 radical (unpaired) electrons. The van der Waals surface area contributed by atoms with E-state index in [-0.39, 0.29) is 18.9 Å². The topological polar surface area (TPSA) is 75.7 Å². The van der Waals surface area contributed by atoms with Crippen LogP contribution < -0.4 is 10.2 Å². The molecule has 0 unspecified atom stereocenters. The Morgan fingerprint density at radius 2 is 1.93 bits per heavy atom. The van der Waals surface area contributed by atoms with Gasteiger partial charge in [0, 0.05) is 29.4 Å². The van der Waals surface area contributed by atoms with Crippen LogP contribution in [0.5, 0.6) is 0 Å². The zero-order valence-corrected chi connectivity index (χ0v) is 17.4. The quantitative estimate of drug-likeness (QED) is 0.755. The van der Waals surface area contributed by atoms with Crippen LogP contribution >= 0.6 is 11.6 Å². The molecule has 1 heterocycles. The molecule has 1 aliphatic rings. The van der Waals surface area contributed by atoms with Gasteiger partial charge < -0.3 is 15.0 Å². The maximum Gasteiger partial charge on any atom is 0.311 e. The van der Waals surface area contributed by atoms with E-state index in [9.17, 15) is 14.4 Å². The van der Waals surface area contributed by atoms with Crippen LogP contribution in [0.3, 0.4) is 0 Å². The first kappa shape index (κ1) is 20.9. The summed E-state index contributed by atoms with van der Waals surface area (Å²) >= 11 is 6.14. The van der Waals surface area contributed by atoms with E-state index in [0.717, 1.165) is 16.7 Å². The predicted octanol–water partition coefficient (Wildman–Crippen LogP) is 3.80. The molecule has 7 heteroatoms. The third kappa shape index (κ3) is 4.77. The van der Waals surface area contributed by atoms with Crippen molar-refractivity contribution in [2.45, 2.75) is 27.2 Å². The van der Waals surface area contributed by atoms with Crippen molar-refractivity contribution < 1.29 is 19.1 Å². The molecule has 2 amide bonds. The van der Waals surface area contributed by atoms with Crippen molar-refractivity contribution in [3.8, 4) is 0 Å². The Morgan fingerprint density at radius 1 is 1.17 bits per heavy atom. The average Bonchev–Trinajstić information content (AvgIpc) is 3.07. The van der Waals surface area contributed by atoms with Gasteiger partial charge >= 0.3 is 5.97 Å². The molecule has 2 aromatic rings. The van der Waals surface area contributed by atoms with E-state index in [1.807, 2.05) is 39.0 Å². The fraction of sp³-hybridized carbons (Fsp3) is 0.318. The number of aryl methyl sites for hydroxylation is 2. The standard InChI is InChI=1S/C22H23ClN2O4/c1-13-5-4-6-19(15(13)3)24-20(26)12-29-22(28)16-9-21(27)25(11-16)17-8-7-14(2)18(23)10-17/h4-8,10,16H,9,11-12H2,1-3H3,(H,24,26)/t16-/m0/s1. The molecule has 3 rings (SSSR count). The first-order valence-corrected chi connectivity index (χ1v) is 9.73. The smallest absolute Gasteiger partial charge is 0.311 e. The molecule has 0 aliphatic carbocycles. The second-order valence-corrected chi connectivity index (χ2v) is 7.65. The second-order valence-electron chi connectivity index (χ2n) is 7.24. The number of ether oxygens (including phenoxy) is 1. The molecule has 6 nitrogen and oxygen atoms in total. The van der Waals surface area contributed by atoms with Crippen LogP contribution in [-0.2, 0) is 19.1 Å². The summed E-state index contributed by atoms with van der Waals surface area (Å²) in [5.74, 6) is -1.77. The summed E-state index contributed by atoms with van der Waals surface area (Å²) in [6, 6.07) is 10.9. The molecular weight excluding hydrogens is 392 g/mol. The lowest BCUT2D eigenvalue weighted by Gasteiger charge is -2.17. The zero-order chi connectivity index (χ0) is 21.1. The fourth-order valence-electron chi connectivity index (χ4n) is 3.19. The maximum absolute atomic E-state index is 12.4. The minimum atomic E-state index is -0.615. The number of carbonyl (C=O) groups is 3. The molecule has 0 bridgehead atoms. The number of esters is 1. The summed E-state index contributed by atoms with van der Waals surface area (Å²) in [5.41, 5.74) is 4.26. The maximum atomic E-state index is 12.4. The van der Waals surface area contributed by atoms with Gasteiger partial charge in [-0.15, -0.1) is 0 Å². The number of rotatable bonds is 5. The summed E-state index contributed by atoms with van der Waals surface area (Å²) in [5, 5.41) is 3.30. The van der Waals surface area contributed by atoms with E-state index in [2.05, 4.69) is 5.32 Å². The lowest BCUT2D eigenvalue weighted by Crippen LogP contribution is -2.28. The summed E-state index contributed by atoms with van der Waals surface area (Å²) in [7, 11) is 0. The molecule has 29 heavy (non-hydrogen) atoms. The number of amides is 2. The fourth-order valence-corrected chi connectivity index (χ4v) is 3.37. The van der Waals surface area contributed by atoms with Crippen LogP contribution in [0.4, 0.5) is 11.4 Å². The van der Waals surface area contributed by atoms with Gasteiger partial charge in [0.2, 0.25) is 5.91 Å². The number of carbonyl (C=O) groups excluding carboxylic acids is 3. The van der Waals surface area contributed by atoms with Gasteiger partial charge in [-0.25, -0.2) is 0 Å². The molecule has 0 saturated carbocycles. The monoisotopic (exact) mass is 414 g/mol. The number of nitrogens with one attached hydrogen (secondary N) is 1. The number of anilines is 2. The van der Waals surface area contributed by atoms with Crippen molar-refractivity contribution in [2.24, 2.45) is 5.92 Å². The number of nitrogens with zero attached hydrogens (tertiary/aromatic N) is 1. The van der Waals surface area contributed by atoms with Crippen LogP contribution in [0.1, 0.15) is 23.1 Å². The van der Waals surface area contributed by atoms with Gasteiger partial charge in [0.25, 0.3) is 5.91 Å². The van der Waals surface area contributed by atoms with Crippen molar-refractivity contribution in [3.05, 3.63) is 58.1 Å². The Kier molecular flexibility index (Phi) is 6.23. The highest BCUT2D eigenvalue weighted by molar-refractivity contribution is 6.31. The zero-order valence-electron chi connectivity index (χ0n) is 16.6. The van der Waals surface area contributed by atoms with Gasteiger partial charge in [0.05, 0.1) is 5.92 Å². The Balaban J connectivity index is 1.56. The lowest BCUT2D eigenvalue weighted by atomic mass is 10.1. The SMILES string of the molecule is Cc1ccc(N2C[C@@H](C(=O)OCC(=O)Nc3cccc(C)c3C)CC2=O)cc1Cl. The molecule has 0 aromatic heterocycles. The van der Waals surface area contributed by atoms with Crippen LogP contribution in [0.15, 0.2) is 36.4 Å². The molecular formula is C22H23ClN2O4. The van der Waals surface area contributed by atoms with Gasteiger partial charge in [-0.3, -0.25) is 14.4 Å². The van der Waals surface area contributed by atoms with E-state index in [0.29, 0.717) is 16.4 Å². The Labute approximate surface area is 174 Å². The number of hydrogen-bond acceptors (Lipinski definition) is 4. The van der Waals surface area contributed by atoms with Crippen molar-refractivity contribution in [2.75, 3.05) is 23.4 Å². The van der Waals surface area contributed by atoms with E-state index in [1.54, 1.807) is 18.2 Å². The summed E-state index contributed by atoms with van der Waals surface area (Å²) in [4.78, 5) is 38.3. The minimum absolute atomic E-state index is 0.0446. The van der Waals surface area contributed by atoms with Gasteiger partial charge in [-0.05, 0) is 55.7 Å². The second kappa shape index (κ2) is 8.66. The third-order valence-corrected chi connectivity index (χ3v) is 5.56. The Hall–Kier alpha value is -2.86. The predicted molar refractivity (Wildman–Crippen MR) is 112 cm³/mol. The molecule has 152 valence electrons. The number of hydrogen-bond donors (Lipinski definition) is 1. The van der Waals surface area contributed by atoms with Gasteiger partial charge in [0.15, 0.2) is 6.61 Å². The van der Waals surface area contributed by atoms with Crippen molar-refractivity contribution in [1.82, 2.24) is 0 Å². The van der Waals surface area contributed by atoms with Crippen LogP contribution in [-0.4, -0.2) is 30.9 Å². The normalized spacial score (nSPS) is 16.1. The molecule has 1 atom stereocenters.